The Morgan fingerprint density at radius 1 is 1.06 bits per heavy atom. The molecule has 3 rings (SSSR count). The molecule has 0 fully saturated rings. The Morgan fingerprint density at radius 3 is 2.32 bits per heavy atom. The Bertz CT molecular complexity index is 1060. The first-order valence-corrected chi connectivity index (χ1v) is 9.64. The first kappa shape index (κ1) is 21.8. The molecule has 0 radical (unpaired) electrons. The quantitative estimate of drug-likeness (QED) is 0.577. The van der Waals surface area contributed by atoms with E-state index in [0.29, 0.717) is 40.6 Å². The molecule has 8 nitrogen and oxygen atoms in total. The average molecular weight is 420 g/mol. The van der Waals surface area contributed by atoms with Crippen LogP contribution in [0.15, 0.2) is 54.7 Å². The molecule has 2 N–H and O–H groups in total. The van der Waals surface area contributed by atoms with Crippen molar-refractivity contribution < 1.29 is 19.4 Å². The summed E-state index contributed by atoms with van der Waals surface area (Å²) in [5, 5.41) is 11.9. The molecule has 0 saturated carbocycles. The Kier molecular flexibility index (Phi) is 6.81. The van der Waals surface area contributed by atoms with Crippen molar-refractivity contribution in [3.8, 4) is 5.75 Å². The molecule has 160 valence electrons. The molecular formula is C23H24N4O4. The number of hydrogen-bond donors (Lipinski definition) is 2. The van der Waals surface area contributed by atoms with E-state index in [1.807, 2.05) is 38.4 Å². The molecule has 8 heteroatoms. The van der Waals surface area contributed by atoms with Gasteiger partial charge in [0.15, 0.2) is 0 Å². The summed E-state index contributed by atoms with van der Waals surface area (Å²) in [6.45, 7) is 0. The van der Waals surface area contributed by atoms with Crippen LogP contribution in [0.2, 0.25) is 0 Å². The lowest BCUT2D eigenvalue weighted by molar-refractivity contribution is -0.136. The number of carboxylic acids is 1. The van der Waals surface area contributed by atoms with E-state index in [-0.39, 0.29) is 12.3 Å². The maximum absolute atomic E-state index is 12.4. The maximum atomic E-state index is 12.4. The summed E-state index contributed by atoms with van der Waals surface area (Å²) < 4.78 is 5.10. The van der Waals surface area contributed by atoms with Crippen LogP contribution in [0.1, 0.15) is 27.3 Å². The molecule has 1 aromatic heterocycles. The van der Waals surface area contributed by atoms with Gasteiger partial charge in [-0.25, -0.2) is 9.97 Å². The fraction of sp³-hybridized carbons (Fsp3) is 0.217. The number of aliphatic carboxylic acids is 1. The first-order chi connectivity index (χ1) is 14.9. The predicted molar refractivity (Wildman–Crippen MR) is 118 cm³/mol. The summed E-state index contributed by atoms with van der Waals surface area (Å²) in [5.74, 6) is 0.746. The average Bonchev–Trinajstić information content (AvgIpc) is 2.75. The zero-order chi connectivity index (χ0) is 22.4. The topological polar surface area (TPSA) is 105 Å². The molecule has 0 aliphatic rings. The smallest absolute Gasteiger partial charge is 0.308 e. The Labute approximate surface area is 180 Å². The van der Waals surface area contributed by atoms with Gasteiger partial charge >= 0.3 is 5.97 Å². The molecule has 0 unspecified atom stereocenters. The molecule has 0 spiro atoms. The first-order valence-electron chi connectivity index (χ1n) is 9.64. The lowest BCUT2D eigenvalue weighted by Gasteiger charge is -2.16. The lowest BCUT2D eigenvalue weighted by atomic mass is 10.1. The van der Waals surface area contributed by atoms with Crippen LogP contribution < -0.4 is 15.0 Å². The van der Waals surface area contributed by atoms with E-state index >= 15 is 0 Å². The van der Waals surface area contributed by atoms with Crippen molar-refractivity contribution in [1.82, 2.24) is 9.97 Å². The van der Waals surface area contributed by atoms with E-state index < -0.39 is 5.97 Å². The van der Waals surface area contributed by atoms with Crippen LogP contribution in [-0.2, 0) is 17.6 Å². The Hall–Kier alpha value is -3.94. The number of rotatable bonds is 8. The molecule has 2 aromatic carbocycles. The third kappa shape index (κ3) is 5.79. The largest absolute Gasteiger partial charge is 0.497 e. The number of benzene rings is 2. The number of carbonyl (C=O) groups is 2. The molecule has 31 heavy (non-hydrogen) atoms. The molecular weight excluding hydrogens is 396 g/mol. The van der Waals surface area contributed by atoms with Crippen molar-refractivity contribution in [2.24, 2.45) is 0 Å². The summed E-state index contributed by atoms with van der Waals surface area (Å²) >= 11 is 0. The summed E-state index contributed by atoms with van der Waals surface area (Å²) in [6, 6.07) is 14.3. The van der Waals surface area contributed by atoms with E-state index in [9.17, 15) is 9.59 Å². The third-order valence-electron chi connectivity index (χ3n) is 4.58. The van der Waals surface area contributed by atoms with Crippen LogP contribution in [-0.4, -0.2) is 48.2 Å². The molecule has 3 aromatic rings. The second-order valence-corrected chi connectivity index (χ2v) is 7.16. The molecule has 1 heterocycles. The van der Waals surface area contributed by atoms with E-state index in [0.717, 1.165) is 5.56 Å². The summed E-state index contributed by atoms with van der Waals surface area (Å²) in [5.41, 5.74) is 2.75. The van der Waals surface area contributed by atoms with Crippen LogP contribution in [0.4, 0.5) is 11.5 Å². The highest BCUT2D eigenvalue weighted by atomic mass is 16.5. The second kappa shape index (κ2) is 9.71. The van der Waals surface area contributed by atoms with Crippen molar-refractivity contribution in [2.75, 3.05) is 31.4 Å². The number of nitrogens with zero attached hydrogens (tertiary/aromatic N) is 3. The van der Waals surface area contributed by atoms with Gasteiger partial charge in [-0.3, -0.25) is 9.59 Å². The number of ether oxygens (including phenoxy) is 1. The van der Waals surface area contributed by atoms with Crippen LogP contribution in [0.25, 0.3) is 0 Å². The van der Waals surface area contributed by atoms with Gasteiger partial charge in [0.05, 0.1) is 13.5 Å². The van der Waals surface area contributed by atoms with Crippen LogP contribution in [0, 0.1) is 0 Å². The normalized spacial score (nSPS) is 10.4. The molecule has 0 bridgehead atoms. The Morgan fingerprint density at radius 2 is 1.74 bits per heavy atom. The standard InChI is InChI=1S/C23H24N4O4/c1-27(2)22-17(13-21(28)29)14-24-20(26-22)12-15-4-8-18(9-5-15)25-23(30)16-6-10-19(31-3)11-7-16/h4-11,14H,12-13H2,1-3H3,(H,25,30)(H,28,29). The van der Waals surface area contributed by atoms with E-state index in [4.69, 9.17) is 9.84 Å². The number of nitrogens with one attached hydrogen (secondary N) is 1. The van der Waals surface area contributed by atoms with Crippen molar-refractivity contribution in [3.05, 3.63) is 77.2 Å². The van der Waals surface area contributed by atoms with E-state index in [1.54, 1.807) is 42.5 Å². The van der Waals surface area contributed by atoms with Crippen LogP contribution in [0.5, 0.6) is 5.75 Å². The highest BCUT2D eigenvalue weighted by molar-refractivity contribution is 6.04. The highest BCUT2D eigenvalue weighted by Gasteiger charge is 2.13. The minimum Gasteiger partial charge on any atom is -0.497 e. The van der Waals surface area contributed by atoms with Gasteiger partial charge in [0.1, 0.15) is 17.4 Å². The van der Waals surface area contributed by atoms with Gasteiger partial charge in [0.25, 0.3) is 5.91 Å². The summed E-state index contributed by atoms with van der Waals surface area (Å²) in [6.07, 6.45) is 1.92. The van der Waals surface area contributed by atoms with E-state index in [2.05, 4.69) is 15.3 Å². The zero-order valence-corrected chi connectivity index (χ0v) is 17.6. The monoisotopic (exact) mass is 420 g/mol. The molecule has 0 saturated heterocycles. The van der Waals surface area contributed by atoms with Crippen molar-refractivity contribution in [1.29, 1.82) is 0 Å². The predicted octanol–water partition coefficient (Wildman–Crippen LogP) is 3.02. The Balaban J connectivity index is 1.68. The lowest BCUT2D eigenvalue weighted by Crippen LogP contribution is -2.17. The fourth-order valence-electron chi connectivity index (χ4n) is 3.03. The summed E-state index contributed by atoms with van der Waals surface area (Å²) in [7, 11) is 5.21. The van der Waals surface area contributed by atoms with Gasteiger partial charge in [-0.2, -0.15) is 0 Å². The highest BCUT2D eigenvalue weighted by Crippen LogP contribution is 2.19. The van der Waals surface area contributed by atoms with Crippen molar-refractivity contribution in [2.45, 2.75) is 12.8 Å². The number of carboxylic acid groups (broad SMARTS) is 1. The van der Waals surface area contributed by atoms with Gasteiger partial charge in [0.2, 0.25) is 0 Å². The van der Waals surface area contributed by atoms with Crippen LogP contribution >= 0.6 is 0 Å². The molecule has 0 aliphatic heterocycles. The molecule has 0 aliphatic carbocycles. The number of amides is 1. The van der Waals surface area contributed by atoms with E-state index in [1.165, 1.54) is 0 Å². The minimum absolute atomic E-state index is 0.129. The summed E-state index contributed by atoms with van der Waals surface area (Å²) in [4.78, 5) is 34.0. The number of carbonyl (C=O) groups excluding carboxylic acids is 1. The maximum Gasteiger partial charge on any atom is 0.308 e. The number of methoxy groups -OCH3 is 1. The molecule has 1 amide bonds. The van der Waals surface area contributed by atoms with Gasteiger partial charge in [0, 0.05) is 43.5 Å². The van der Waals surface area contributed by atoms with Crippen molar-refractivity contribution >= 4 is 23.4 Å². The number of aromatic nitrogens is 2. The molecule has 0 atom stereocenters. The third-order valence-corrected chi connectivity index (χ3v) is 4.58. The number of anilines is 2. The van der Waals surface area contributed by atoms with Gasteiger partial charge in [-0.05, 0) is 42.0 Å². The van der Waals surface area contributed by atoms with Crippen molar-refractivity contribution in [3.63, 3.8) is 0 Å². The second-order valence-electron chi connectivity index (χ2n) is 7.16. The van der Waals surface area contributed by atoms with Gasteiger partial charge < -0.3 is 20.1 Å². The van der Waals surface area contributed by atoms with Gasteiger partial charge in [-0.15, -0.1) is 0 Å². The minimum atomic E-state index is -0.924. The SMILES string of the molecule is COc1ccc(C(=O)Nc2ccc(Cc3ncc(CC(=O)O)c(N(C)C)n3)cc2)cc1. The zero-order valence-electron chi connectivity index (χ0n) is 17.6. The number of hydrogen-bond acceptors (Lipinski definition) is 6. The van der Waals surface area contributed by atoms with Crippen LogP contribution in [0.3, 0.4) is 0 Å². The van der Waals surface area contributed by atoms with Gasteiger partial charge in [-0.1, -0.05) is 12.1 Å². The fourth-order valence-corrected chi connectivity index (χ4v) is 3.03.